The molecule has 0 aliphatic heterocycles. The first-order valence-electron chi connectivity index (χ1n) is 3.44. The van der Waals surface area contributed by atoms with Crippen LogP contribution in [-0.4, -0.2) is 18.1 Å². The van der Waals surface area contributed by atoms with Crippen molar-refractivity contribution in [2.45, 2.75) is 0 Å². The Morgan fingerprint density at radius 3 is 2.85 bits per heavy atom. The molecule has 0 saturated heterocycles. The zero-order chi connectivity index (χ0) is 9.84. The highest BCUT2D eigenvalue weighted by atomic mass is 16.5. The largest absolute Gasteiger partial charge is 0.464 e. The van der Waals surface area contributed by atoms with Gasteiger partial charge in [-0.25, -0.2) is 9.78 Å². The number of nitriles is 1. The fourth-order valence-electron chi connectivity index (χ4n) is 0.788. The van der Waals surface area contributed by atoms with Gasteiger partial charge in [-0.15, -0.1) is 0 Å². The van der Waals surface area contributed by atoms with E-state index in [1.54, 1.807) is 0 Å². The van der Waals surface area contributed by atoms with Crippen molar-refractivity contribution < 1.29 is 9.53 Å². The molecule has 1 heterocycles. The summed E-state index contributed by atoms with van der Waals surface area (Å²) in [6.45, 7) is 0. The van der Waals surface area contributed by atoms with Crippen molar-refractivity contribution >= 4 is 11.8 Å². The van der Waals surface area contributed by atoms with Crippen LogP contribution in [0.1, 0.15) is 16.1 Å². The molecule has 1 aromatic heterocycles. The maximum absolute atomic E-state index is 10.9. The first-order chi connectivity index (χ1) is 6.19. The summed E-state index contributed by atoms with van der Waals surface area (Å²) in [6.07, 6.45) is 0. The van der Waals surface area contributed by atoms with E-state index in [9.17, 15) is 4.79 Å². The van der Waals surface area contributed by atoms with Crippen molar-refractivity contribution in [1.29, 1.82) is 5.26 Å². The maximum Gasteiger partial charge on any atom is 0.356 e. The van der Waals surface area contributed by atoms with E-state index in [2.05, 4.69) is 9.72 Å². The standard InChI is InChI=1S/C8H7N3O2/c1-13-8(12)6-3-2-5(4-9)7(10)11-6/h2-3H,1H3,(H2,10,11). The minimum Gasteiger partial charge on any atom is -0.464 e. The van der Waals surface area contributed by atoms with Gasteiger partial charge in [0.1, 0.15) is 11.9 Å². The Hall–Kier alpha value is -2.09. The van der Waals surface area contributed by atoms with Crippen LogP contribution in [0.2, 0.25) is 0 Å². The average Bonchev–Trinajstić information content (AvgIpc) is 2.16. The molecule has 0 radical (unpaired) electrons. The molecule has 0 fully saturated rings. The molecular weight excluding hydrogens is 170 g/mol. The summed E-state index contributed by atoms with van der Waals surface area (Å²) in [5, 5.41) is 8.52. The Morgan fingerprint density at radius 2 is 2.38 bits per heavy atom. The van der Waals surface area contributed by atoms with Gasteiger partial charge in [0.15, 0.2) is 5.69 Å². The number of rotatable bonds is 1. The van der Waals surface area contributed by atoms with Crippen LogP contribution in [0.25, 0.3) is 0 Å². The van der Waals surface area contributed by atoms with Crippen molar-refractivity contribution in [2.24, 2.45) is 0 Å². The Bertz CT molecular complexity index is 381. The van der Waals surface area contributed by atoms with Gasteiger partial charge in [-0.05, 0) is 12.1 Å². The number of carbonyl (C=O) groups is 1. The number of aromatic nitrogens is 1. The van der Waals surface area contributed by atoms with Gasteiger partial charge in [0.05, 0.1) is 12.7 Å². The summed E-state index contributed by atoms with van der Waals surface area (Å²) in [6, 6.07) is 4.65. The van der Waals surface area contributed by atoms with Crippen LogP contribution in [0.3, 0.4) is 0 Å². The summed E-state index contributed by atoms with van der Waals surface area (Å²) in [5.41, 5.74) is 5.72. The van der Waals surface area contributed by atoms with Gasteiger partial charge < -0.3 is 10.5 Å². The number of nitrogen functional groups attached to an aromatic ring is 1. The minimum absolute atomic E-state index is 0.0328. The molecule has 5 heteroatoms. The second-order valence-electron chi connectivity index (χ2n) is 2.23. The van der Waals surface area contributed by atoms with Crippen molar-refractivity contribution in [3.05, 3.63) is 23.4 Å². The third-order valence-corrected chi connectivity index (χ3v) is 1.44. The quantitative estimate of drug-likeness (QED) is 0.624. The number of methoxy groups -OCH3 is 1. The highest BCUT2D eigenvalue weighted by molar-refractivity contribution is 5.87. The molecule has 0 aliphatic rings. The van der Waals surface area contributed by atoms with Crippen LogP contribution in [-0.2, 0) is 4.74 Å². The predicted molar refractivity (Wildman–Crippen MR) is 44.7 cm³/mol. The molecule has 0 bridgehead atoms. The Morgan fingerprint density at radius 1 is 1.69 bits per heavy atom. The van der Waals surface area contributed by atoms with E-state index < -0.39 is 5.97 Å². The van der Waals surface area contributed by atoms with Crippen molar-refractivity contribution in [3.63, 3.8) is 0 Å². The van der Waals surface area contributed by atoms with Gasteiger partial charge in [-0.2, -0.15) is 5.26 Å². The van der Waals surface area contributed by atoms with Crippen LogP contribution < -0.4 is 5.73 Å². The van der Waals surface area contributed by atoms with E-state index in [0.717, 1.165) is 0 Å². The lowest BCUT2D eigenvalue weighted by Crippen LogP contribution is -2.06. The molecule has 2 N–H and O–H groups in total. The van der Waals surface area contributed by atoms with Gasteiger partial charge in [-0.3, -0.25) is 0 Å². The molecule has 5 nitrogen and oxygen atoms in total. The molecule has 1 rings (SSSR count). The van der Waals surface area contributed by atoms with Gasteiger partial charge in [0.2, 0.25) is 0 Å². The van der Waals surface area contributed by atoms with Crippen molar-refractivity contribution in [3.8, 4) is 6.07 Å². The third-order valence-electron chi connectivity index (χ3n) is 1.44. The monoisotopic (exact) mass is 177 g/mol. The summed E-state index contributed by atoms with van der Waals surface area (Å²) >= 11 is 0. The average molecular weight is 177 g/mol. The van der Waals surface area contributed by atoms with Crippen LogP contribution in [0.4, 0.5) is 5.82 Å². The van der Waals surface area contributed by atoms with Gasteiger partial charge in [0, 0.05) is 0 Å². The van der Waals surface area contributed by atoms with E-state index in [-0.39, 0.29) is 17.1 Å². The SMILES string of the molecule is COC(=O)c1ccc(C#N)c(N)n1. The first-order valence-corrected chi connectivity index (χ1v) is 3.44. The molecule has 0 aromatic carbocycles. The lowest BCUT2D eigenvalue weighted by molar-refractivity contribution is 0.0594. The third kappa shape index (κ3) is 1.73. The number of anilines is 1. The Kier molecular flexibility index (Phi) is 2.45. The van der Waals surface area contributed by atoms with Gasteiger partial charge in [-0.1, -0.05) is 0 Å². The maximum atomic E-state index is 10.9. The van der Waals surface area contributed by atoms with Crippen molar-refractivity contribution in [1.82, 2.24) is 4.98 Å². The highest BCUT2D eigenvalue weighted by Crippen LogP contribution is 2.08. The van der Waals surface area contributed by atoms with Gasteiger partial charge in [0.25, 0.3) is 0 Å². The van der Waals surface area contributed by atoms with Crippen LogP contribution in [0.5, 0.6) is 0 Å². The van der Waals surface area contributed by atoms with E-state index >= 15 is 0 Å². The molecule has 0 unspecified atom stereocenters. The van der Waals surface area contributed by atoms with E-state index in [1.165, 1.54) is 19.2 Å². The number of esters is 1. The van der Waals surface area contributed by atoms with E-state index in [1.807, 2.05) is 6.07 Å². The molecular formula is C8H7N3O2. The fraction of sp³-hybridized carbons (Fsp3) is 0.125. The lowest BCUT2D eigenvalue weighted by atomic mass is 10.2. The summed E-state index contributed by atoms with van der Waals surface area (Å²) < 4.78 is 4.42. The zero-order valence-electron chi connectivity index (χ0n) is 6.94. The lowest BCUT2D eigenvalue weighted by Gasteiger charge is -1.99. The van der Waals surface area contributed by atoms with E-state index in [4.69, 9.17) is 11.0 Å². The van der Waals surface area contributed by atoms with Crippen LogP contribution >= 0.6 is 0 Å². The number of hydrogen-bond donors (Lipinski definition) is 1. The number of nitrogens with zero attached hydrogens (tertiary/aromatic N) is 2. The molecule has 66 valence electrons. The molecule has 0 aliphatic carbocycles. The molecule has 0 spiro atoms. The Labute approximate surface area is 74.8 Å². The second-order valence-corrected chi connectivity index (χ2v) is 2.23. The van der Waals surface area contributed by atoms with Crippen molar-refractivity contribution in [2.75, 3.05) is 12.8 Å². The van der Waals surface area contributed by atoms with Gasteiger partial charge >= 0.3 is 5.97 Å². The molecule has 13 heavy (non-hydrogen) atoms. The zero-order valence-corrected chi connectivity index (χ0v) is 6.94. The summed E-state index contributed by atoms with van der Waals surface area (Å²) in [4.78, 5) is 14.6. The number of carbonyl (C=O) groups excluding carboxylic acids is 1. The first kappa shape index (κ1) is 9.00. The second kappa shape index (κ2) is 3.54. The van der Waals surface area contributed by atoms with Crippen LogP contribution in [0.15, 0.2) is 12.1 Å². The van der Waals surface area contributed by atoms with Crippen LogP contribution in [0, 0.1) is 11.3 Å². The summed E-state index contributed by atoms with van der Waals surface area (Å²) in [7, 11) is 1.25. The highest BCUT2D eigenvalue weighted by Gasteiger charge is 2.08. The number of pyridine rings is 1. The molecule has 1 aromatic rings. The number of hydrogen-bond acceptors (Lipinski definition) is 5. The molecule has 0 atom stereocenters. The fourth-order valence-corrected chi connectivity index (χ4v) is 0.788. The predicted octanol–water partition coefficient (Wildman–Crippen LogP) is 0.322. The molecule has 0 amide bonds. The topological polar surface area (TPSA) is 89.0 Å². The van der Waals surface area contributed by atoms with E-state index in [0.29, 0.717) is 0 Å². The smallest absolute Gasteiger partial charge is 0.356 e. The molecule has 0 saturated carbocycles. The Balaban J connectivity index is 3.11. The summed E-state index contributed by atoms with van der Waals surface area (Å²) in [5.74, 6) is -0.540. The minimum atomic E-state index is -0.573. The normalized spacial score (nSPS) is 8.92. The number of nitrogens with two attached hydrogens (primary N) is 1. The number of ether oxygens (including phenoxy) is 1.